The van der Waals surface area contributed by atoms with E-state index in [4.69, 9.17) is 14.0 Å². The van der Waals surface area contributed by atoms with Gasteiger partial charge in [0.1, 0.15) is 12.6 Å². The molecule has 1 aromatic rings. The van der Waals surface area contributed by atoms with Crippen LogP contribution in [0.1, 0.15) is 26.0 Å². The zero-order valence-corrected chi connectivity index (χ0v) is 12.9. The first-order valence-electron chi connectivity index (χ1n) is 6.71. The molecule has 0 aromatic carbocycles. The molecule has 1 aromatic heterocycles. The molecule has 3 atom stereocenters. The topological polar surface area (TPSA) is 99.6 Å². The summed E-state index contributed by atoms with van der Waals surface area (Å²) in [7, 11) is -2.77. The molecule has 0 amide bonds. The van der Waals surface area contributed by atoms with Crippen LogP contribution < -0.4 is 11.2 Å². The SMILES string of the molecule is CCOP(C)(=O)COC1CCC(n2ccc(=O)[nH]c2=O)O1. The Morgan fingerprint density at radius 3 is 2.90 bits per heavy atom. The summed E-state index contributed by atoms with van der Waals surface area (Å²) in [5.74, 6) is 0. The molecule has 0 radical (unpaired) electrons. The normalized spacial score (nSPS) is 24.9. The molecule has 1 aliphatic rings. The van der Waals surface area contributed by atoms with Gasteiger partial charge in [-0.1, -0.05) is 0 Å². The first-order chi connectivity index (χ1) is 9.91. The first kappa shape index (κ1) is 16.2. The van der Waals surface area contributed by atoms with Gasteiger partial charge < -0.3 is 14.0 Å². The molecular formula is C12H19N2O6P. The Balaban J connectivity index is 1.93. The van der Waals surface area contributed by atoms with Crippen LogP contribution in [0.3, 0.4) is 0 Å². The van der Waals surface area contributed by atoms with Crippen molar-refractivity contribution in [2.24, 2.45) is 0 Å². The van der Waals surface area contributed by atoms with Crippen molar-refractivity contribution in [3.8, 4) is 0 Å². The lowest BCUT2D eigenvalue weighted by Crippen LogP contribution is -2.31. The summed E-state index contributed by atoms with van der Waals surface area (Å²) in [6.07, 6.45) is 1.46. The number of nitrogens with one attached hydrogen (secondary N) is 1. The van der Waals surface area contributed by atoms with Crippen LogP contribution in [0.15, 0.2) is 21.9 Å². The second-order valence-electron chi connectivity index (χ2n) is 4.84. The van der Waals surface area contributed by atoms with E-state index in [2.05, 4.69) is 4.98 Å². The molecule has 3 unspecified atom stereocenters. The minimum Gasteiger partial charge on any atom is -0.342 e. The third-order valence-electron chi connectivity index (χ3n) is 3.02. The highest BCUT2D eigenvalue weighted by atomic mass is 31.2. The number of hydrogen-bond acceptors (Lipinski definition) is 6. The van der Waals surface area contributed by atoms with E-state index >= 15 is 0 Å². The fourth-order valence-electron chi connectivity index (χ4n) is 2.10. The van der Waals surface area contributed by atoms with Gasteiger partial charge in [-0.3, -0.25) is 18.9 Å². The molecule has 2 heterocycles. The van der Waals surface area contributed by atoms with Gasteiger partial charge in [-0.2, -0.15) is 0 Å². The van der Waals surface area contributed by atoms with Crippen LogP contribution in [0.4, 0.5) is 0 Å². The molecule has 21 heavy (non-hydrogen) atoms. The van der Waals surface area contributed by atoms with Crippen molar-refractivity contribution in [2.75, 3.05) is 19.6 Å². The Morgan fingerprint density at radius 1 is 1.48 bits per heavy atom. The Kier molecular flexibility index (Phi) is 5.16. The molecule has 1 saturated heterocycles. The van der Waals surface area contributed by atoms with Gasteiger partial charge in [0.15, 0.2) is 6.29 Å². The van der Waals surface area contributed by atoms with Gasteiger partial charge >= 0.3 is 5.69 Å². The number of nitrogens with zero attached hydrogens (tertiary/aromatic N) is 1. The molecule has 0 bridgehead atoms. The molecule has 0 spiro atoms. The predicted octanol–water partition coefficient (Wildman–Crippen LogP) is 1.09. The van der Waals surface area contributed by atoms with Crippen molar-refractivity contribution < 1.29 is 18.6 Å². The molecule has 9 heteroatoms. The molecule has 2 rings (SSSR count). The number of ether oxygens (including phenoxy) is 2. The lowest BCUT2D eigenvalue weighted by Gasteiger charge is -2.18. The summed E-state index contributed by atoms with van der Waals surface area (Å²) in [5, 5.41) is 0. The average molecular weight is 318 g/mol. The predicted molar refractivity (Wildman–Crippen MR) is 75.6 cm³/mol. The zero-order chi connectivity index (χ0) is 15.5. The number of H-pyrrole nitrogens is 1. The summed E-state index contributed by atoms with van der Waals surface area (Å²) < 4.78 is 29.4. The molecule has 1 fully saturated rings. The third kappa shape index (κ3) is 4.38. The molecule has 118 valence electrons. The maximum Gasteiger partial charge on any atom is 0.330 e. The molecule has 1 N–H and O–H groups in total. The summed E-state index contributed by atoms with van der Waals surface area (Å²) in [6.45, 7) is 3.63. The second-order valence-corrected chi connectivity index (χ2v) is 7.39. The Hall–Kier alpha value is -1.21. The summed E-state index contributed by atoms with van der Waals surface area (Å²) in [4.78, 5) is 24.8. The largest absolute Gasteiger partial charge is 0.342 e. The van der Waals surface area contributed by atoms with Gasteiger partial charge in [0.25, 0.3) is 5.56 Å². The quantitative estimate of drug-likeness (QED) is 0.788. The number of aromatic amines is 1. The van der Waals surface area contributed by atoms with Gasteiger partial charge in [-0.15, -0.1) is 0 Å². The van der Waals surface area contributed by atoms with Gasteiger partial charge in [-0.05, 0) is 13.3 Å². The monoisotopic (exact) mass is 318 g/mol. The van der Waals surface area contributed by atoms with Crippen LogP contribution in [0.5, 0.6) is 0 Å². The maximum absolute atomic E-state index is 11.9. The Morgan fingerprint density at radius 2 is 2.24 bits per heavy atom. The third-order valence-corrected chi connectivity index (χ3v) is 4.44. The highest BCUT2D eigenvalue weighted by molar-refractivity contribution is 7.57. The Bertz CT molecular complexity index is 639. The number of aromatic nitrogens is 2. The minimum absolute atomic E-state index is 0.0290. The highest BCUT2D eigenvalue weighted by Gasteiger charge is 2.29. The van der Waals surface area contributed by atoms with E-state index in [1.54, 1.807) is 6.92 Å². The van der Waals surface area contributed by atoms with Crippen LogP contribution in [0.2, 0.25) is 0 Å². The average Bonchev–Trinajstić information content (AvgIpc) is 2.85. The Labute approximate surface area is 121 Å². The first-order valence-corrected chi connectivity index (χ1v) is 8.96. The van der Waals surface area contributed by atoms with E-state index in [1.807, 2.05) is 0 Å². The van der Waals surface area contributed by atoms with Crippen LogP contribution in [0, 0.1) is 0 Å². The fourth-order valence-corrected chi connectivity index (χ4v) is 3.16. The standard InChI is InChI=1S/C12H19N2O6P/c1-3-19-21(2,17)8-18-11-5-4-10(20-11)14-7-6-9(15)13-12(14)16/h6-7,10-11H,3-5,8H2,1-2H3,(H,13,15,16). The van der Waals surface area contributed by atoms with Crippen molar-refractivity contribution in [2.45, 2.75) is 32.3 Å². The van der Waals surface area contributed by atoms with E-state index in [0.717, 1.165) is 0 Å². The molecule has 8 nitrogen and oxygen atoms in total. The van der Waals surface area contributed by atoms with Gasteiger partial charge in [-0.25, -0.2) is 4.79 Å². The van der Waals surface area contributed by atoms with E-state index < -0.39 is 31.1 Å². The number of rotatable bonds is 6. The van der Waals surface area contributed by atoms with E-state index in [0.29, 0.717) is 19.4 Å². The van der Waals surface area contributed by atoms with E-state index in [1.165, 1.54) is 23.5 Å². The van der Waals surface area contributed by atoms with Crippen molar-refractivity contribution in [3.63, 3.8) is 0 Å². The van der Waals surface area contributed by atoms with Crippen molar-refractivity contribution >= 4 is 7.37 Å². The van der Waals surface area contributed by atoms with Crippen molar-refractivity contribution in [3.05, 3.63) is 33.1 Å². The summed E-state index contributed by atoms with van der Waals surface area (Å²) in [6, 6.07) is 1.26. The fraction of sp³-hybridized carbons (Fsp3) is 0.667. The van der Waals surface area contributed by atoms with Crippen LogP contribution in [-0.4, -0.2) is 35.5 Å². The minimum atomic E-state index is -2.77. The van der Waals surface area contributed by atoms with Crippen LogP contribution in [-0.2, 0) is 18.6 Å². The zero-order valence-electron chi connectivity index (χ0n) is 12.0. The molecule has 1 aliphatic heterocycles. The number of hydrogen-bond donors (Lipinski definition) is 1. The smallest absolute Gasteiger partial charge is 0.330 e. The molecule has 0 saturated carbocycles. The summed E-state index contributed by atoms with van der Waals surface area (Å²) >= 11 is 0. The lowest BCUT2D eigenvalue weighted by atomic mass is 10.3. The van der Waals surface area contributed by atoms with Gasteiger partial charge in [0.2, 0.25) is 7.37 Å². The van der Waals surface area contributed by atoms with Crippen LogP contribution in [0.25, 0.3) is 0 Å². The van der Waals surface area contributed by atoms with Crippen molar-refractivity contribution in [1.82, 2.24) is 9.55 Å². The summed E-state index contributed by atoms with van der Waals surface area (Å²) in [5.41, 5.74) is -0.977. The maximum atomic E-state index is 11.9. The molecule has 0 aliphatic carbocycles. The molecular weight excluding hydrogens is 299 g/mol. The lowest BCUT2D eigenvalue weighted by molar-refractivity contribution is -0.141. The van der Waals surface area contributed by atoms with E-state index in [9.17, 15) is 14.2 Å². The van der Waals surface area contributed by atoms with Gasteiger partial charge in [0.05, 0.1) is 6.61 Å². The van der Waals surface area contributed by atoms with Crippen LogP contribution >= 0.6 is 7.37 Å². The van der Waals surface area contributed by atoms with Gasteiger partial charge in [0, 0.05) is 25.3 Å². The van der Waals surface area contributed by atoms with E-state index in [-0.39, 0.29) is 6.35 Å². The highest BCUT2D eigenvalue weighted by Crippen LogP contribution is 2.43. The van der Waals surface area contributed by atoms with Crippen molar-refractivity contribution in [1.29, 1.82) is 0 Å². The second kappa shape index (κ2) is 6.70.